The summed E-state index contributed by atoms with van der Waals surface area (Å²) >= 11 is 0. The Balaban J connectivity index is 1.62. The van der Waals surface area contributed by atoms with Crippen molar-refractivity contribution in [2.75, 3.05) is 19.6 Å². The number of hydrogen-bond acceptors (Lipinski definition) is 6. The van der Waals surface area contributed by atoms with E-state index in [1.54, 1.807) is 31.2 Å². The van der Waals surface area contributed by atoms with Crippen molar-refractivity contribution in [2.24, 2.45) is 0 Å². The Kier molecular flexibility index (Phi) is 6.12. The van der Waals surface area contributed by atoms with E-state index in [9.17, 15) is 22.8 Å². The van der Waals surface area contributed by atoms with Gasteiger partial charge in [-0.1, -0.05) is 31.2 Å². The first-order valence-corrected chi connectivity index (χ1v) is 12.0. The van der Waals surface area contributed by atoms with Gasteiger partial charge in [0.2, 0.25) is 10.0 Å². The second-order valence-corrected chi connectivity index (χ2v) is 9.74. The van der Waals surface area contributed by atoms with Crippen LogP contribution in [0.5, 0.6) is 5.75 Å². The SMILES string of the molecule is CCC1Oc2ccccc2C(=O)N(CC(=O)c2cccc(S(=O)(=O)N3CCCC3)c2)C1=O. The van der Waals surface area contributed by atoms with Crippen LogP contribution >= 0.6 is 0 Å². The first-order valence-electron chi connectivity index (χ1n) is 10.6. The van der Waals surface area contributed by atoms with Crippen molar-refractivity contribution in [3.63, 3.8) is 0 Å². The number of carbonyl (C=O) groups is 3. The van der Waals surface area contributed by atoms with Crippen molar-refractivity contribution in [2.45, 2.75) is 37.2 Å². The van der Waals surface area contributed by atoms with Gasteiger partial charge in [0.15, 0.2) is 11.9 Å². The predicted molar refractivity (Wildman–Crippen MR) is 116 cm³/mol. The summed E-state index contributed by atoms with van der Waals surface area (Å²) in [6.07, 6.45) is 1.05. The number of rotatable bonds is 6. The maximum atomic E-state index is 13.0. The maximum Gasteiger partial charge on any atom is 0.270 e. The molecule has 8 nitrogen and oxygen atoms in total. The number of ketones is 1. The molecule has 0 spiro atoms. The Labute approximate surface area is 186 Å². The van der Waals surface area contributed by atoms with Crippen LogP contribution in [0.1, 0.15) is 46.9 Å². The number of hydrogen-bond donors (Lipinski definition) is 0. The van der Waals surface area contributed by atoms with Crippen LogP contribution in [0.4, 0.5) is 0 Å². The zero-order chi connectivity index (χ0) is 22.9. The number of carbonyl (C=O) groups excluding carboxylic acids is 3. The van der Waals surface area contributed by atoms with Crippen molar-refractivity contribution in [1.29, 1.82) is 0 Å². The lowest BCUT2D eigenvalue weighted by Gasteiger charge is -2.21. The van der Waals surface area contributed by atoms with E-state index >= 15 is 0 Å². The summed E-state index contributed by atoms with van der Waals surface area (Å²) < 4.78 is 32.8. The summed E-state index contributed by atoms with van der Waals surface area (Å²) in [5.74, 6) is -1.44. The molecule has 0 aliphatic carbocycles. The number of para-hydroxylation sites is 1. The molecule has 4 rings (SSSR count). The monoisotopic (exact) mass is 456 g/mol. The molecule has 32 heavy (non-hydrogen) atoms. The molecule has 2 aliphatic rings. The van der Waals surface area contributed by atoms with Gasteiger partial charge in [0.05, 0.1) is 17.0 Å². The fourth-order valence-electron chi connectivity index (χ4n) is 3.92. The Hall–Kier alpha value is -3.04. The fourth-order valence-corrected chi connectivity index (χ4v) is 5.48. The smallest absolute Gasteiger partial charge is 0.270 e. The largest absolute Gasteiger partial charge is 0.480 e. The van der Waals surface area contributed by atoms with Gasteiger partial charge in [0.1, 0.15) is 5.75 Å². The van der Waals surface area contributed by atoms with Crippen molar-refractivity contribution in [3.8, 4) is 5.75 Å². The molecule has 2 aromatic carbocycles. The minimum Gasteiger partial charge on any atom is -0.480 e. The van der Waals surface area contributed by atoms with Gasteiger partial charge in [-0.25, -0.2) is 8.42 Å². The number of benzene rings is 2. The lowest BCUT2D eigenvalue weighted by molar-refractivity contribution is -0.135. The molecule has 1 unspecified atom stereocenters. The molecule has 168 valence electrons. The van der Waals surface area contributed by atoms with Crippen molar-refractivity contribution in [3.05, 3.63) is 59.7 Å². The highest BCUT2D eigenvalue weighted by atomic mass is 32.2. The van der Waals surface area contributed by atoms with E-state index < -0.39 is 40.3 Å². The van der Waals surface area contributed by atoms with E-state index in [-0.39, 0.29) is 16.0 Å². The summed E-state index contributed by atoms with van der Waals surface area (Å²) in [5.41, 5.74) is 0.326. The molecular weight excluding hydrogens is 432 g/mol. The molecule has 0 N–H and O–H groups in total. The lowest BCUT2D eigenvalue weighted by Crippen LogP contribution is -2.45. The van der Waals surface area contributed by atoms with E-state index in [2.05, 4.69) is 0 Å². The number of imide groups is 1. The summed E-state index contributed by atoms with van der Waals surface area (Å²) in [5, 5.41) is 0. The highest BCUT2D eigenvalue weighted by Crippen LogP contribution is 2.27. The molecule has 2 aromatic rings. The Bertz CT molecular complexity index is 1170. The first kappa shape index (κ1) is 22.2. The standard InChI is InChI=1S/C23H24N2O6S/c1-2-20-23(28)25(22(27)18-10-3-4-11-21(18)31-20)15-19(26)16-8-7-9-17(14-16)32(29,30)24-12-5-6-13-24/h3-4,7-11,14,20H,2,5-6,12-13,15H2,1H3. The van der Waals surface area contributed by atoms with Gasteiger partial charge in [-0.3, -0.25) is 19.3 Å². The number of Topliss-reactive ketones (excluding diaryl/α,β-unsaturated/α-hetero) is 1. The highest BCUT2D eigenvalue weighted by molar-refractivity contribution is 7.89. The van der Waals surface area contributed by atoms with Crippen molar-refractivity contribution < 1.29 is 27.5 Å². The topological polar surface area (TPSA) is 101 Å². The van der Waals surface area contributed by atoms with Gasteiger partial charge >= 0.3 is 0 Å². The zero-order valence-electron chi connectivity index (χ0n) is 17.7. The van der Waals surface area contributed by atoms with Crippen LogP contribution in [0.3, 0.4) is 0 Å². The molecule has 1 atom stereocenters. The molecule has 0 radical (unpaired) electrons. The maximum absolute atomic E-state index is 13.0. The molecule has 2 heterocycles. The van der Waals surface area contributed by atoms with E-state index in [1.807, 2.05) is 0 Å². The average Bonchev–Trinajstić information content (AvgIpc) is 3.33. The van der Waals surface area contributed by atoms with Gasteiger partial charge in [0, 0.05) is 18.7 Å². The molecule has 2 amide bonds. The quantitative estimate of drug-likeness (QED) is 0.489. The van der Waals surface area contributed by atoms with Gasteiger partial charge in [-0.05, 0) is 43.5 Å². The van der Waals surface area contributed by atoms with Crippen LogP contribution in [0.25, 0.3) is 0 Å². The normalized spacial score (nSPS) is 19.4. The second-order valence-electron chi connectivity index (χ2n) is 7.80. The minimum atomic E-state index is -3.69. The van der Waals surface area contributed by atoms with E-state index in [0.29, 0.717) is 25.3 Å². The third-order valence-corrected chi connectivity index (χ3v) is 7.60. The molecule has 0 saturated carbocycles. The molecule has 1 fully saturated rings. The van der Waals surface area contributed by atoms with Gasteiger partial charge < -0.3 is 4.74 Å². The molecule has 2 aliphatic heterocycles. The Morgan fingerprint density at radius 3 is 2.50 bits per heavy atom. The van der Waals surface area contributed by atoms with Gasteiger partial charge in [-0.15, -0.1) is 0 Å². The molecular formula is C23H24N2O6S. The third-order valence-electron chi connectivity index (χ3n) is 5.70. The highest BCUT2D eigenvalue weighted by Gasteiger charge is 2.37. The van der Waals surface area contributed by atoms with E-state index in [1.165, 1.54) is 28.6 Å². The second kappa shape index (κ2) is 8.84. The molecule has 0 aromatic heterocycles. The van der Waals surface area contributed by atoms with Crippen LogP contribution in [-0.4, -0.2) is 61.0 Å². The molecule has 1 saturated heterocycles. The molecule has 0 bridgehead atoms. The summed E-state index contributed by atoms with van der Waals surface area (Å²) in [6.45, 7) is 2.16. The summed E-state index contributed by atoms with van der Waals surface area (Å²) in [7, 11) is -3.69. The fraction of sp³-hybridized carbons (Fsp3) is 0.348. The number of sulfonamides is 1. The Morgan fingerprint density at radius 1 is 1.06 bits per heavy atom. The van der Waals surface area contributed by atoms with E-state index in [0.717, 1.165) is 17.7 Å². The number of nitrogens with zero attached hydrogens (tertiary/aromatic N) is 2. The number of fused-ring (bicyclic) bond motifs is 1. The van der Waals surface area contributed by atoms with Crippen LogP contribution in [-0.2, 0) is 14.8 Å². The van der Waals surface area contributed by atoms with Crippen molar-refractivity contribution in [1.82, 2.24) is 9.21 Å². The van der Waals surface area contributed by atoms with Gasteiger partial charge in [-0.2, -0.15) is 4.31 Å². The average molecular weight is 457 g/mol. The number of ether oxygens (including phenoxy) is 1. The zero-order valence-corrected chi connectivity index (χ0v) is 18.5. The van der Waals surface area contributed by atoms with E-state index in [4.69, 9.17) is 4.74 Å². The third kappa shape index (κ3) is 4.05. The van der Waals surface area contributed by atoms with Crippen LogP contribution < -0.4 is 4.74 Å². The first-order chi connectivity index (χ1) is 15.3. The van der Waals surface area contributed by atoms with Crippen LogP contribution in [0.2, 0.25) is 0 Å². The lowest BCUT2D eigenvalue weighted by atomic mass is 10.1. The summed E-state index contributed by atoms with van der Waals surface area (Å²) in [6, 6.07) is 12.3. The summed E-state index contributed by atoms with van der Waals surface area (Å²) in [4.78, 5) is 39.9. The number of amides is 2. The Morgan fingerprint density at radius 2 is 1.78 bits per heavy atom. The van der Waals surface area contributed by atoms with Gasteiger partial charge in [0.25, 0.3) is 11.8 Å². The minimum absolute atomic E-state index is 0.0267. The molecule has 9 heteroatoms. The van der Waals surface area contributed by atoms with Crippen LogP contribution in [0, 0.1) is 0 Å². The van der Waals surface area contributed by atoms with Crippen molar-refractivity contribution >= 4 is 27.6 Å². The van der Waals surface area contributed by atoms with Crippen LogP contribution in [0.15, 0.2) is 53.4 Å². The predicted octanol–water partition coefficient (Wildman–Crippen LogP) is 2.49.